The van der Waals surface area contributed by atoms with E-state index in [0.717, 1.165) is 0 Å². The lowest BCUT2D eigenvalue weighted by Gasteiger charge is -2.05. The van der Waals surface area contributed by atoms with Crippen molar-refractivity contribution >= 4 is 24.4 Å². The molecule has 0 unspecified atom stereocenters. The highest BCUT2D eigenvalue weighted by atomic mass is 35.5. The van der Waals surface area contributed by atoms with E-state index >= 15 is 0 Å². The summed E-state index contributed by atoms with van der Waals surface area (Å²) in [7, 11) is 1.39. The van der Waals surface area contributed by atoms with Gasteiger partial charge in [0, 0.05) is 5.56 Å². The van der Waals surface area contributed by atoms with Gasteiger partial charge in [0.15, 0.2) is 11.5 Å². The minimum Gasteiger partial charge on any atom is -0.503 e. The number of anilines is 1. The van der Waals surface area contributed by atoms with Crippen molar-refractivity contribution in [2.75, 3.05) is 12.8 Å². The number of carbonyl (C=O) groups is 1. The lowest BCUT2D eigenvalue weighted by Crippen LogP contribution is -1.92. The molecular formula is C8H10ClNO3. The number of nitrogen functional groups attached to an aromatic ring is 1. The van der Waals surface area contributed by atoms with E-state index in [1.807, 2.05) is 0 Å². The lowest BCUT2D eigenvalue weighted by atomic mass is 10.2. The maximum atomic E-state index is 10.3. The molecule has 0 bridgehead atoms. The van der Waals surface area contributed by atoms with E-state index in [1.54, 1.807) is 0 Å². The quantitative estimate of drug-likeness (QED) is 0.431. The molecule has 0 aliphatic heterocycles. The van der Waals surface area contributed by atoms with Gasteiger partial charge in [0.25, 0.3) is 0 Å². The van der Waals surface area contributed by atoms with Crippen LogP contribution in [-0.2, 0) is 0 Å². The molecule has 0 atom stereocenters. The molecule has 0 radical (unpaired) electrons. The van der Waals surface area contributed by atoms with Gasteiger partial charge in [-0.3, -0.25) is 4.79 Å². The van der Waals surface area contributed by atoms with E-state index in [2.05, 4.69) is 0 Å². The smallest absolute Gasteiger partial charge is 0.181 e. The summed E-state index contributed by atoms with van der Waals surface area (Å²) in [5.41, 5.74) is 5.90. The second kappa shape index (κ2) is 4.57. The summed E-state index contributed by atoms with van der Waals surface area (Å²) in [4.78, 5) is 10.3. The van der Waals surface area contributed by atoms with Gasteiger partial charge in [0.1, 0.15) is 6.29 Å². The topological polar surface area (TPSA) is 72.5 Å². The average molecular weight is 204 g/mol. The van der Waals surface area contributed by atoms with Crippen LogP contribution in [0.15, 0.2) is 12.1 Å². The highest BCUT2D eigenvalue weighted by molar-refractivity contribution is 5.85. The molecule has 5 heteroatoms. The second-order valence-electron chi connectivity index (χ2n) is 2.28. The maximum Gasteiger partial charge on any atom is 0.181 e. The molecule has 0 aliphatic rings. The third-order valence-corrected chi connectivity index (χ3v) is 1.48. The third-order valence-electron chi connectivity index (χ3n) is 1.48. The van der Waals surface area contributed by atoms with Gasteiger partial charge in [-0.2, -0.15) is 0 Å². The van der Waals surface area contributed by atoms with Crippen LogP contribution in [-0.4, -0.2) is 18.5 Å². The molecule has 0 amide bonds. The molecule has 4 nitrogen and oxygen atoms in total. The van der Waals surface area contributed by atoms with Crippen LogP contribution in [0.2, 0.25) is 0 Å². The van der Waals surface area contributed by atoms with E-state index < -0.39 is 0 Å². The van der Waals surface area contributed by atoms with Crippen molar-refractivity contribution in [2.45, 2.75) is 0 Å². The summed E-state index contributed by atoms with van der Waals surface area (Å²) in [6, 6.07) is 2.80. The summed E-state index contributed by atoms with van der Waals surface area (Å²) in [5, 5.41) is 9.25. The zero-order valence-electron chi connectivity index (χ0n) is 6.98. The van der Waals surface area contributed by atoms with Gasteiger partial charge in [0.05, 0.1) is 12.8 Å². The number of hydrogen-bond donors (Lipinski definition) is 2. The standard InChI is InChI=1S/C8H9NO3.ClH/c1-12-7-3-5(4-10)2-6(9)8(7)11;/h2-4,11H,9H2,1H3;1H. The molecule has 0 saturated carbocycles. The largest absolute Gasteiger partial charge is 0.503 e. The Balaban J connectivity index is 0.00000144. The van der Waals surface area contributed by atoms with Crippen LogP contribution in [0, 0.1) is 0 Å². The van der Waals surface area contributed by atoms with Crippen molar-refractivity contribution in [1.29, 1.82) is 0 Å². The second-order valence-corrected chi connectivity index (χ2v) is 2.28. The number of halogens is 1. The fraction of sp³-hybridized carbons (Fsp3) is 0.125. The molecule has 1 rings (SSSR count). The number of phenolic OH excluding ortho intramolecular Hbond substituents is 1. The Morgan fingerprint density at radius 3 is 2.62 bits per heavy atom. The third kappa shape index (κ3) is 2.26. The summed E-state index contributed by atoms with van der Waals surface area (Å²) in [6.07, 6.45) is 0.637. The van der Waals surface area contributed by atoms with Gasteiger partial charge >= 0.3 is 0 Å². The van der Waals surface area contributed by atoms with E-state index in [1.165, 1.54) is 19.2 Å². The van der Waals surface area contributed by atoms with E-state index in [9.17, 15) is 9.90 Å². The van der Waals surface area contributed by atoms with Crippen molar-refractivity contribution in [3.05, 3.63) is 17.7 Å². The van der Waals surface area contributed by atoms with Gasteiger partial charge in [-0.05, 0) is 12.1 Å². The summed E-state index contributed by atoms with van der Waals surface area (Å²) in [6.45, 7) is 0. The van der Waals surface area contributed by atoms with Gasteiger partial charge < -0.3 is 15.6 Å². The molecule has 0 fully saturated rings. The monoisotopic (exact) mass is 203 g/mol. The van der Waals surface area contributed by atoms with Crippen LogP contribution in [0.4, 0.5) is 5.69 Å². The highest BCUT2D eigenvalue weighted by Crippen LogP contribution is 2.32. The molecule has 13 heavy (non-hydrogen) atoms. The van der Waals surface area contributed by atoms with E-state index in [4.69, 9.17) is 10.5 Å². The van der Waals surface area contributed by atoms with Crippen molar-refractivity contribution in [3.63, 3.8) is 0 Å². The Morgan fingerprint density at radius 2 is 2.15 bits per heavy atom. The average Bonchev–Trinajstić information content (AvgIpc) is 2.09. The van der Waals surface area contributed by atoms with E-state index in [0.29, 0.717) is 11.8 Å². The zero-order valence-corrected chi connectivity index (χ0v) is 7.80. The van der Waals surface area contributed by atoms with Crippen molar-refractivity contribution in [1.82, 2.24) is 0 Å². The van der Waals surface area contributed by atoms with Crippen LogP contribution < -0.4 is 10.5 Å². The van der Waals surface area contributed by atoms with Gasteiger partial charge in [-0.25, -0.2) is 0 Å². The molecule has 0 heterocycles. The number of methoxy groups -OCH3 is 1. The number of aromatic hydroxyl groups is 1. The van der Waals surface area contributed by atoms with Crippen LogP contribution in [0.5, 0.6) is 11.5 Å². The number of phenols is 1. The number of hydrogen-bond acceptors (Lipinski definition) is 4. The molecule has 72 valence electrons. The number of aldehydes is 1. The predicted molar refractivity (Wildman–Crippen MR) is 51.7 cm³/mol. The van der Waals surface area contributed by atoms with Gasteiger partial charge in [0.2, 0.25) is 0 Å². The molecular weight excluding hydrogens is 194 g/mol. The molecule has 1 aromatic carbocycles. The Morgan fingerprint density at radius 1 is 1.54 bits per heavy atom. The van der Waals surface area contributed by atoms with Crippen molar-refractivity contribution in [2.24, 2.45) is 0 Å². The highest BCUT2D eigenvalue weighted by Gasteiger charge is 2.06. The summed E-state index contributed by atoms with van der Waals surface area (Å²) in [5.74, 6) is 0.0696. The number of ether oxygens (including phenoxy) is 1. The van der Waals surface area contributed by atoms with Crippen LogP contribution >= 0.6 is 12.4 Å². The Kier molecular flexibility index (Phi) is 4.07. The number of benzene rings is 1. The molecule has 0 aliphatic carbocycles. The fourth-order valence-corrected chi connectivity index (χ4v) is 0.875. The fourth-order valence-electron chi connectivity index (χ4n) is 0.875. The lowest BCUT2D eigenvalue weighted by molar-refractivity contribution is 0.112. The molecule has 0 saturated heterocycles. The normalized spacial score (nSPS) is 8.69. The van der Waals surface area contributed by atoms with Crippen LogP contribution in [0.25, 0.3) is 0 Å². The van der Waals surface area contributed by atoms with Gasteiger partial charge in [-0.15, -0.1) is 12.4 Å². The maximum absolute atomic E-state index is 10.3. The predicted octanol–water partition coefficient (Wildman–Crippen LogP) is 1.22. The molecule has 3 N–H and O–H groups in total. The molecule has 1 aromatic rings. The Labute approximate surface area is 81.7 Å². The van der Waals surface area contributed by atoms with Crippen LogP contribution in [0.3, 0.4) is 0 Å². The summed E-state index contributed by atoms with van der Waals surface area (Å²) < 4.78 is 4.78. The SMILES string of the molecule is COc1cc(C=O)cc(N)c1O.Cl. The first kappa shape index (κ1) is 11.6. The zero-order chi connectivity index (χ0) is 9.14. The first-order valence-electron chi connectivity index (χ1n) is 3.30. The summed E-state index contributed by atoms with van der Waals surface area (Å²) >= 11 is 0. The van der Waals surface area contributed by atoms with Crippen molar-refractivity contribution < 1.29 is 14.6 Å². The minimum atomic E-state index is -0.136. The van der Waals surface area contributed by atoms with Crippen molar-refractivity contribution in [3.8, 4) is 11.5 Å². The first-order valence-corrected chi connectivity index (χ1v) is 3.30. The molecule has 0 spiro atoms. The number of rotatable bonds is 2. The van der Waals surface area contributed by atoms with Gasteiger partial charge in [-0.1, -0.05) is 0 Å². The number of carbonyl (C=O) groups excluding carboxylic acids is 1. The Bertz CT molecular complexity index is 315. The first-order chi connectivity index (χ1) is 5.69. The Hall–Kier alpha value is -1.42. The van der Waals surface area contributed by atoms with Crippen LogP contribution in [0.1, 0.15) is 10.4 Å². The van der Waals surface area contributed by atoms with E-state index in [-0.39, 0.29) is 29.6 Å². The number of nitrogens with two attached hydrogens (primary N) is 1. The molecule has 0 aromatic heterocycles. The minimum absolute atomic E-state index is 0.